The van der Waals surface area contributed by atoms with Crippen molar-refractivity contribution in [2.75, 3.05) is 26.3 Å². The summed E-state index contributed by atoms with van der Waals surface area (Å²) >= 11 is 0. The van der Waals surface area contributed by atoms with Crippen molar-refractivity contribution in [3.63, 3.8) is 0 Å². The lowest BCUT2D eigenvalue weighted by molar-refractivity contribution is -0.140. The van der Waals surface area contributed by atoms with Gasteiger partial charge in [-0.05, 0) is 50.7 Å². The number of aromatic nitrogens is 3. The number of nitrogens with zero attached hydrogens (tertiary/aromatic N) is 3. The average Bonchev–Trinajstić information content (AvgIpc) is 3.12. The van der Waals surface area contributed by atoms with E-state index in [0.717, 1.165) is 61.9 Å². The number of ether oxygens (including phenoxy) is 1. The summed E-state index contributed by atoms with van der Waals surface area (Å²) in [7, 11) is 0. The van der Waals surface area contributed by atoms with Crippen molar-refractivity contribution in [1.29, 1.82) is 0 Å². The number of rotatable bonds is 2. The second-order valence-electron chi connectivity index (χ2n) is 8.51. The first kappa shape index (κ1) is 18.5. The summed E-state index contributed by atoms with van der Waals surface area (Å²) in [6.07, 6.45) is 8.57. The van der Waals surface area contributed by atoms with Crippen LogP contribution in [0.25, 0.3) is 11.4 Å². The maximum absolute atomic E-state index is 13.1. The van der Waals surface area contributed by atoms with E-state index in [-0.39, 0.29) is 22.8 Å². The van der Waals surface area contributed by atoms with E-state index >= 15 is 0 Å². The van der Waals surface area contributed by atoms with E-state index in [0.29, 0.717) is 25.6 Å². The van der Waals surface area contributed by atoms with Gasteiger partial charge in [0.1, 0.15) is 5.82 Å². The van der Waals surface area contributed by atoms with Crippen LogP contribution in [0.3, 0.4) is 0 Å². The molecule has 2 aromatic heterocycles. The summed E-state index contributed by atoms with van der Waals surface area (Å²) in [4.78, 5) is 39.9. The molecule has 2 fully saturated rings. The van der Waals surface area contributed by atoms with Gasteiger partial charge in [0.2, 0.25) is 5.91 Å². The lowest BCUT2D eigenvalue weighted by Gasteiger charge is -2.42. The molecule has 7 nitrogen and oxygen atoms in total. The molecule has 1 atom stereocenters. The molecule has 1 amide bonds. The van der Waals surface area contributed by atoms with Crippen LogP contribution in [-0.4, -0.2) is 52.1 Å². The number of likely N-dealkylation sites (tertiary alicyclic amines) is 1. The zero-order chi connectivity index (χ0) is 19.8. The zero-order valence-electron chi connectivity index (χ0n) is 16.5. The number of fused-ring (bicyclic) bond motifs is 2. The molecule has 0 bridgehead atoms. The molecule has 2 saturated heterocycles. The molecule has 7 heteroatoms. The Labute approximate surface area is 169 Å². The summed E-state index contributed by atoms with van der Waals surface area (Å²) in [5.41, 5.74) is 2.22. The molecule has 0 radical (unpaired) electrons. The van der Waals surface area contributed by atoms with Crippen molar-refractivity contribution in [2.24, 2.45) is 5.92 Å². The Bertz CT molecular complexity index is 968. The summed E-state index contributed by atoms with van der Waals surface area (Å²) in [5, 5.41) is 0. The van der Waals surface area contributed by atoms with Gasteiger partial charge in [-0.1, -0.05) is 0 Å². The Morgan fingerprint density at radius 2 is 2.14 bits per heavy atom. The van der Waals surface area contributed by atoms with Crippen molar-refractivity contribution >= 4 is 5.91 Å². The fraction of sp³-hybridized carbons (Fsp3) is 0.545. The van der Waals surface area contributed by atoms with Crippen LogP contribution in [0.1, 0.15) is 43.4 Å². The minimum atomic E-state index is -0.209. The van der Waals surface area contributed by atoms with Crippen LogP contribution < -0.4 is 5.56 Å². The summed E-state index contributed by atoms with van der Waals surface area (Å²) < 4.78 is 5.42. The van der Waals surface area contributed by atoms with Gasteiger partial charge in [0.05, 0.1) is 5.69 Å². The van der Waals surface area contributed by atoms with E-state index in [9.17, 15) is 9.59 Å². The molecule has 2 aromatic rings. The van der Waals surface area contributed by atoms with Crippen molar-refractivity contribution in [3.8, 4) is 11.4 Å². The smallest absolute Gasteiger partial charge is 0.254 e. The van der Waals surface area contributed by atoms with Crippen molar-refractivity contribution in [1.82, 2.24) is 19.9 Å². The Morgan fingerprint density at radius 3 is 2.93 bits per heavy atom. The molecule has 29 heavy (non-hydrogen) atoms. The van der Waals surface area contributed by atoms with Crippen LogP contribution in [0.4, 0.5) is 0 Å². The van der Waals surface area contributed by atoms with Crippen LogP contribution in [0.15, 0.2) is 29.3 Å². The Balaban J connectivity index is 1.47. The molecular formula is C22H26N4O3. The predicted octanol–water partition coefficient (Wildman–Crippen LogP) is 2.06. The third-order valence-electron chi connectivity index (χ3n) is 6.77. The van der Waals surface area contributed by atoms with Crippen LogP contribution in [0.5, 0.6) is 0 Å². The minimum Gasteiger partial charge on any atom is -0.381 e. The van der Waals surface area contributed by atoms with E-state index in [1.807, 2.05) is 17.0 Å². The van der Waals surface area contributed by atoms with E-state index < -0.39 is 0 Å². The first-order valence-electron chi connectivity index (χ1n) is 10.6. The van der Waals surface area contributed by atoms with Crippen molar-refractivity contribution in [3.05, 3.63) is 46.1 Å². The number of H-pyrrole nitrogens is 1. The van der Waals surface area contributed by atoms with Crippen LogP contribution in [-0.2, 0) is 21.4 Å². The van der Waals surface area contributed by atoms with Gasteiger partial charge in [-0.25, -0.2) is 4.98 Å². The van der Waals surface area contributed by atoms with Gasteiger partial charge in [0, 0.05) is 61.2 Å². The number of carbonyl (C=O) groups excluding carboxylic acids is 1. The molecule has 152 valence electrons. The molecule has 3 aliphatic rings. The third kappa shape index (κ3) is 3.27. The van der Waals surface area contributed by atoms with Gasteiger partial charge < -0.3 is 14.6 Å². The molecule has 4 heterocycles. The highest BCUT2D eigenvalue weighted by Crippen LogP contribution is 2.43. The average molecular weight is 394 g/mol. The van der Waals surface area contributed by atoms with Gasteiger partial charge in [-0.2, -0.15) is 0 Å². The minimum absolute atomic E-state index is 0.0568. The van der Waals surface area contributed by atoms with Gasteiger partial charge >= 0.3 is 0 Å². The number of nitrogens with one attached hydrogen (secondary N) is 1. The SMILES string of the molecule is O=C(C1CCOCC1)N1CCCC2(CCc3c2nc(-c2cccnc2)[nH]c3=O)C1. The Hall–Kier alpha value is -2.54. The highest BCUT2D eigenvalue weighted by atomic mass is 16.5. The number of carbonyl (C=O) groups is 1. The number of hydrogen-bond donors (Lipinski definition) is 1. The first-order chi connectivity index (χ1) is 14.2. The first-order valence-corrected chi connectivity index (χ1v) is 10.6. The molecule has 1 N–H and O–H groups in total. The summed E-state index contributed by atoms with van der Waals surface area (Å²) in [6.45, 7) is 2.80. The highest BCUT2D eigenvalue weighted by Gasteiger charge is 2.46. The standard InChI is InChI=1S/C22H26N4O3/c27-20-17-4-8-22(18(17)24-19(25-20)16-3-1-9-23-13-16)7-2-10-26(14-22)21(28)15-5-11-29-12-6-15/h1,3,9,13,15H,2,4-8,10-12,14H2,(H,24,25,27). The number of hydrogen-bond acceptors (Lipinski definition) is 5. The van der Waals surface area contributed by atoms with Crippen LogP contribution in [0, 0.1) is 5.92 Å². The number of pyridine rings is 1. The summed E-state index contributed by atoms with van der Waals surface area (Å²) in [5.74, 6) is 0.881. The number of aromatic amines is 1. The highest BCUT2D eigenvalue weighted by molar-refractivity contribution is 5.79. The predicted molar refractivity (Wildman–Crippen MR) is 107 cm³/mol. The van der Waals surface area contributed by atoms with Crippen molar-refractivity contribution < 1.29 is 9.53 Å². The maximum Gasteiger partial charge on any atom is 0.254 e. The van der Waals surface area contributed by atoms with Crippen molar-refractivity contribution in [2.45, 2.75) is 43.9 Å². The van der Waals surface area contributed by atoms with Gasteiger partial charge in [0.15, 0.2) is 0 Å². The Morgan fingerprint density at radius 1 is 1.28 bits per heavy atom. The lowest BCUT2D eigenvalue weighted by atomic mass is 9.77. The van der Waals surface area contributed by atoms with E-state index in [1.54, 1.807) is 12.4 Å². The molecule has 1 aliphatic carbocycles. The molecule has 1 spiro atoms. The molecule has 1 unspecified atom stereocenters. The van der Waals surface area contributed by atoms with E-state index in [2.05, 4.69) is 9.97 Å². The van der Waals surface area contributed by atoms with Gasteiger partial charge in [-0.15, -0.1) is 0 Å². The zero-order valence-corrected chi connectivity index (χ0v) is 16.5. The fourth-order valence-electron chi connectivity index (χ4n) is 5.21. The molecular weight excluding hydrogens is 368 g/mol. The van der Waals surface area contributed by atoms with E-state index in [4.69, 9.17) is 9.72 Å². The third-order valence-corrected chi connectivity index (χ3v) is 6.77. The summed E-state index contributed by atoms with van der Waals surface area (Å²) in [6, 6.07) is 3.74. The molecule has 0 aromatic carbocycles. The van der Waals surface area contributed by atoms with Gasteiger partial charge in [-0.3, -0.25) is 14.6 Å². The lowest BCUT2D eigenvalue weighted by Crippen LogP contribution is -2.50. The Kier molecular flexibility index (Phi) is 4.70. The molecule has 0 saturated carbocycles. The maximum atomic E-state index is 13.1. The fourth-order valence-corrected chi connectivity index (χ4v) is 5.21. The van der Waals surface area contributed by atoms with Crippen LogP contribution >= 0.6 is 0 Å². The molecule has 5 rings (SSSR count). The largest absolute Gasteiger partial charge is 0.381 e. The molecule has 2 aliphatic heterocycles. The van der Waals surface area contributed by atoms with E-state index in [1.165, 1.54) is 0 Å². The number of amides is 1. The second kappa shape index (κ2) is 7.37. The second-order valence-corrected chi connectivity index (χ2v) is 8.51. The normalized spacial score (nSPS) is 24.6. The quantitative estimate of drug-likeness (QED) is 0.842. The topological polar surface area (TPSA) is 88.2 Å². The number of piperidine rings is 1. The monoisotopic (exact) mass is 394 g/mol. The van der Waals surface area contributed by atoms with Crippen LogP contribution in [0.2, 0.25) is 0 Å². The van der Waals surface area contributed by atoms with Gasteiger partial charge in [0.25, 0.3) is 5.56 Å².